The van der Waals surface area contributed by atoms with Crippen molar-refractivity contribution in [1.29, 1.82) is 0 Å². The van der Waals surface area contributed by atoms with Gasteiger partial charge in [-0.25, -0.2) is 9.78 Å². The van der Waals surface area contributed by atoms with Gasteiger partial charge in [-0.1, -0.05) is 0 Å². The van der Waals surface area contributed by atoms with E-state index < -0.39 is 5.97 Å². The Hall–Kier alpha value is -3.15. The van der Waals surface area contributed by atoms with Gasteiger partial charge in [0, 0.05) is 0 Å². The average Bonchev–Trinajstić information content (AvgIpc) is 2.61. The fraction of sp³-hybridized carbons (Fsp3) is 0.286. The molecule has 6 heteroatoms. The Morgan fingerprint density at radius 3 is 2.41 bits per heavy atom. The van der Waals surface area contributed by atoms with E-state index >= 15 is 0 Å². The summed E-state index contributed by atoms with van der Waals surface area (Å²) in [5.74, 6) is 0.848. The molecule has 0 saturated heterocycles. The van der Waals surface area contributed by atoms with Gasteiger partial charge in [-0.15, -0.1) is 0 Å². The van der Waals surface area contributed by atoms with Gasteiger partial charge in [0.15, 0.2) is 0 Å². The molecule has 0 bridgehead atoms. The zero-order valence-electron chi connectivity index (χ0n) is 16.1. The number of esters is 1. The van der Waals surface area contributed by atoms with Gasteiger partial charge in [0.05, 0.1) is 35.9 Å². The lowest BCUT2D eigenvalue weighted by atomic mass is 9.98. The van der Waals surface area contributed by atoms with Crippen LogP contribution in [0, 0.1) is 20.8 Å². The molecule has 2 aromatic carbocycles. The molecule has 0 spiro atoms. The van der Waals surface area contributed by atoms with Crippen LogP contribution in [0.4, 0.5) is 0 Å². The zero-order chi connectivity index (χ0) is 19.7. The van der Waals surface area contributed by atoms with Gasteiger partial charge in [-0.05, 0) is 69.2 Å². The number of benzene rings is 2. The number of fused-ring (bicyclic) bond motifs is 1. The van der Waals surface area contributed by atoms with Gasteiger partial charge >= 0.3 is 5.97 Å². The third kappa shape index (κ3) is 3.18. The van der Waals surface area contributed by atoms with Crippen molar-refractivity contribution in [3.63, 3.8) is 0 Å². The van der Waals surface area contributed by atoms with E-state index in [1.165, 1.54) is 0 Å². The van der Waals surface area contributed by atoms with Crippen molar-refractivity contribution in [3.8, 4) is 11.4 Å². The number of hydrogen-bond donors (Lipinski definition) is 0. The first-order chi connectivity index (χ1) is 12.9. The lowest BCUT2D eigenvalue weighted by Crippen LogP contribution is -2.24. The summed E-state index contributed by atoms with van der Waals surface area (Å²) >= 11 is 0. The first-order valence-electron chi connectivity index (χ1n) is 8.74. The molecule has 1 heterocycles. The van der Waals surface area contributed by atoms with E-state index in [1.807, 2.05) is 6.92 Å². The molecule has 0 amide bonds. The molecule has 0 atom stereocenters. The predicted molar refractivity (Wildman–Crippen MR) is 104 cm³/mol. The molecule has 0 fully saturated rings. The van der Waals surface area contributed by atoms with Gasteiger partial charge < -0.3 is 9.47 Å². The molecular formula is C21H22N2O4. The summed E-state index contributed by atoms with van der Waals surface area (Å²) in [4.78, 5) is 30.3. The minimum absolute atomic E-state index is 0.217. The second-order valence-corrected chi connectivity index (χ2v) is 6.31. The summed E-state index contributed by atoms with van der Waals surface area (Å²) < 4.78 is 11.9. The quantitative estimate of drug-likeness (QED) is 0.661. The van der Waals surface area contributed by atoms with Crippen molar-refractivity contribution in [3.05, 3.63) is 63.2 Å². The van der Waals surface area contributed by atoms with Crippen molar-refractivity contribution in [2.75, 3.05) is 13.7 Å². The van der Waals surface area contributed by atoms with Gasteiger partial charge in [0.1, 0.15) is 11.6 Å². The predicted octanol–water partition coefficient (Wildman–Crippen LogP) is 3.50. The monoisotopic (exact) mass is 366 g/mol. The third-order valence-electron chi connectivity index (χ3n) is 4.59. The molecule has 3 aromatic rings. The summed E-state index contributed by atoms with van der Waals surface area (Å²) in [6, 6.07) is 8.95. The van der Waals surface area contributed by atoms with Crippen LogP contribution >= 0.6 is 0 Å². The molecule has 0 saturated carbocycles. The molecule has 140 valence electrons. The summed E-state index contributed by atoms with van der Waals surface area (Å²) in [7, 11) is 1.59. The molecule has 3 rings (SSSR count). The Morgan fingerprint density at radius 2 is 1.81 bits per heavy atom. The molecular weight excluding hydrogens is 344 g/mol. The number of aryl methyl sites for hydroxylation is 3. The van der Waals surface area contributed by atoms with E-state index in [9.17, 15) is 9.59 Å². The first-order valence-corrected chi connectivity index (χ1v) is 8.74. The van der Waals surface area contributed by atoms with E-state index in [0.29, 0.717) is 39.3 Å². The Morgan fingerprint density at radius 1 is 1.15 bits per heavy atom. The first kappa shape index (κ1) is 18.6. The molecule has 0 aliphatic carbocycles. The fourth-order valence-electron chi connectivity index (χ4n) is 3.36. The Bertz CT molecular complexity index is 1080. The number of ether oxygens (including phenoxy) is 2. The van der Waals surface area contributed by atoms with Gasteiger partial charge in [-0.3, -0.25) is 9.36 Å². The van der Waals surface area contributed by atoms with E-state index in [-0.39, 0.29) is 12.2 Å². The average molecular weight is 366 g/mol. The second kappa shape index (κ2) is 7.23. The van der Waals surface area contributed by atoms with Crippen molar-refractivity contribution in [2.24, 2.45) is 0 Å². The standard InChI is InChI=1S/C21H22N2O4/c1-6-27-21(25)18-12(2)11-17-19(13(18)3)20(24)23(14(4)22-17)15-7-9-16(26-5)10-8-15/h7-11H,6H2,1-5H3. The van der Waals surface area contributed by atoms with E-state index in [0.717, 1.165) is 5.56 Å². The number of carbonyl (C=O) groups excluding carboxylic acids is 1. The number of carbonyl (C=O) groups is 1. The highest BCUT2D eigenvalue weighted by atomic mass is 16.5. The molecule has 1 aromatic heterocycles. The second-order valence-electron chi connectivity index (χ2n) is 6.31. The number of hydrogen-bond acceptors (Lipinski definition) is 5. The molecule has 0 unspecified atom stereocenters. The Kier molecular flexibility index (Phi) is 4.99. The van der Waals surface area contributed by atoms with Crippen LogP contribution in [-0.4, -0.2) is 29.2 Å². The molecule has 0 N–H and O–H groups in total. The highest BCUT2D eigenvalue weighted by molar-refractivity contribution is 5.99. The van der Waals surface area contributed by atoms with Crippen LogP contribution in [0.3, 0.4) is 0 Å². The van der Waals surface area contributed by atoms with Crippen LogP contribution in [0.2, 0.25) is 0 Å². The molecule has 0 aliphatic heterocycles. The smallest absolute Gasteiger partial charge is 0.338 e. The maximum absolute atomic E-state index is 13.3. The van der Waals surface area contributed by atoms with Crippen molar-refractivity contribution in [2.45, 2.75) is 27.7 Å². The summed E-state index contributed by atoms with van der Waals surface area (Å²) in [5.41, 5.74) is 2.80. The summed E-state index contributed by atoms with van der Waals surface area (Å²) in [5, 5.41) is 0.421. The number of nitrogens with zero attached hydrogens (tertiary/aromatic N) is 2. The summed E-state index contributed by atoms with van der Waals surface area (Å²) in [6.07, 6.45) is 0. The lowest BCUT2D eigenvalue weighted by Gasteiger charge is -2.15. The lowest BCUT2D eigenvalue weighted by molar-refractivity contribution is 0.0525. The maximum Gasteiger partial charge on any atom is 0.338 e. The van der Waals surface area contributed by atoms with Crippen LogP contribution in [0.15, 0.2) is 35.1 Å². The van der Waals surface area contributed by atoms with Crippen LogP contribution in [0.25, 0.3) is 16.6 Å². The third-order valence-corrected chi connectivity index (χ3v) is 4.59. The topological polar surface area (TPSA) is 70.4 Å². The normalized spacial score (nSPS) is 10.9. The minimum Gasteiger partial charge on any atom is -0.497 e. The van der Waals surface area contributed by atoms with Crippen LogP contribution in [0.1, 0.15) is 34.2 Å². The van der Waals surface area contributed by atoms with Gasteiger partial charge in [-0.2, -0.15) is 0 Å². The highest BCUT2D eigenvalue weighted by Gasteiger charge is 2.20. The van der Waals surface area contributed by atoms with Crippen LogP contribution < -0.4 is 10.3 Å². The van der Waals surface area contributed by atoms with Gasteiger partial charge in [0.2, 0.25) is 0 Å². The Labute approximate surface area is 157 Å². The largest absolute Gasteiger partial charge is 0.497 e. The van der Waals surface area contributed by atoms with Crippen molar-refractivity contribution in [1.82, 2.24) is 9.55 Å². The van der Waals surface area contributed by atoms with E-state index in [2.05, 4.69) is 4.98 Å². The SMILES string of the molecule is CCOC(=O)c1c(C)cc2nc(C)n(-c3ccc(OC)cc3)c(=O)c2c1C. The molecule has 0 aliphatic rings. The molecule has 6 nitrogen and oxygen atoms in total. The van der Waals surface area contributed by atoms with E-state index in [1.54, 1.807) is 62.8 Å². The number of methoxy groups -OCH3 is 1. The fourth-order valence-corrected chi connectivity index (χ4v) is 3.36. The maximum atomic E-state index is 13.3. The van der Waals surface area contributed by atoms with Crippen LogP contribution in [-0.2, 0) is 4.74 Å². The Balaban J connectivity index is 2.31. The highest BCUT2D eigenvalue weighted by Crippen LogP contribution is 2.24. The minimum atomic E-state index is -0.426. The summed E-state index contributed by atoms with van der Waals surface area (Å²) in [6.45, 7) is 7.40. The number of aromatic nitrogens is 2. The zero-order valence-corrected chi connectivity index (χ0v) is 16.1. The van der Waals surface area contributed by atoms with E-state index in [4.69, 9.17) is 9.47 Å². The number of rotatable bonds is 4. The van der Waals surface area contributed by atoms with Crippen LogP contribution in [0.5, 0.6) is 5.75 Å². The van der Waals surface area contributed by atoms with Crippen molar-refractivity contribution < 1.29 is 14.3 Å². The molecule has 0 radical (unpaired) electrons. The molecule has 27 heavy (non-hydrogen) atoms. The van der Waals surface area contributed by atoms with Crippen molar-refractivity contribution >= 4 is 16.9 Å². The van der Waals surface area contributed by atoms with Gasteiger partial charge in [0.25, 0.3) is 5.56 Å².